The summed E-state index contributed by atoms with van der Waals surface area (Å²) in [4.78, 5) is 21.8. The zero-order valence-electron chi connectivity index (χ0n) is 5.74. The summed E-state index contributed by atoms with van der Waals surface area (Å²) in [5.41, 5.74) is -0.623. The summed E-state index contributed by atoms with van der Waals surface area (Å²) in [5.74, 6) is -1.92. The molecule has 1 heterocycles. The van der Waals surface area contributed by atoms with Crippen molar-refractivity contribution in [2.75, 3.05) is 0 Å². The SMILES string of the molecule is O=C1OC(=O)C(=C(Cl)Cl)C1=C(Cl)Cl. The third-order valence-corrected chi connectivity index (χ3v) is 1.98. The molecule has 0 spiro atoms. The van der Waals surface area contributed by atoms with E-state index in [2.05, 4.69) is 4.74 Å². The first-order valence-electron chi connectivity index (χ1n) is 2.82. The average Bonchev–Trinajstić information content (AvgIpc) is 2.24. The maximum Gasteiger partial charge on any atom is 0.349 e. The third kappa shape index (κ3) is 1.99. The van der Waals surface area contributed by atoms with E-state index < -0.39 is 20.9 Å². The van der Waals surface area contributed by atoms with Gasteiger partial charge in [-0.05, 0) is 0 Å². The van der Waals surface area contributed by atoms with Crippen LogP contribution in [-0.2, 0) is 14.3 Å². The molecule has 3 nitrogen and oxygen atoms in total. The Hall–Kier alpha value is -0.220. The molecule has 0 N–H and O–H groups in total. The Labute approximate surface area is 92.8 Å². The number of esters is 2. The molecule has 1 aliphatic heterocycles. The maximum absolute atomic E-state index is 10.9. The highest BCUT2D eigenvalue weighted by Crippen LogP contribution is 2.33. The lowest BCUT2D eigenvalue weighted by atomic mass is 10.2. The summed E-state index contributed by atoms with van der Waals surface area (Å²) in [6.45, 7) is 0. The summed E-state index contributed by atoms with van der Waals surface area (Å²) < 4.78 is 3.35. The maximum atomic E-state index is 10.9. The zero-order valence-corrected chi connectivity index (χ0v) is 8.76. The van der Waals surface area contributed by atoms with Gasteiger partial charge >= 0.3 is 11.9 Å². The summed E-state index contributed by atoms with van der Waals surface area (Å²) in [5, 5.41) is 0. The normalized spacial score (nSPS) is 16.3. The molecule has 0 aromatic carbocycles. The summed E-state index contributed by atoms with van der Waals surface area (Å²) in [6, 6.07) is 0. The molecule has 1 aliphatic rings. The molecular formula is C6Cl4O3. The predicted molar refractivity (Wildman–Crippen MR) is 48.6 cm³/mol. The third-order valence-electron chi connectivity index (χ3n) is 1.22. The van der Waals surface area contributed by atoms with Crippen molar-refractivity contribution in [2.24, 2.45) is 0 Å². The minimum atomic E-state index is -0.959. The van der Waals surface area contributed by atoms with Gasteiger partial charge < -0.3 is 4.74 Å². The van der Waals surface area contributed by atoms with E-state index in [0.717, 1.165) is 0 Å². The monoisotopic (exact) mass is 260 g/mol. The molecule has 7 heteroatoms. The molecule has 1 rings (SSSR count). The lowest BCUT2D eigenvalue weighted by Crippen LogP contribution is -1.97. The van der Waals surface area contributed by atoms with E-state index >= 15 is 0 Å². The molecule has 0 bridgehead atoms. The first-order chi connectivity index (χ1) is 5.95. The first-order valence-corrected chi connectivity index (χ1v) is 4.33. The van der Waals surface area contributed by atoms with Gasteiger partial charge in [-0.2, -0.15) is 0 Å². The average molecular weight is 262 g/mol. The molecule has 0 aliphatic carbocycles. The molecule has 0 aromatic rings. The Morgan fingerprint density at radius 3 is 1.38 bits per heavy atom. The van der Waals surface area contributed by atoms with Crippen molar-refractivity contribution in [2.45, 2.75) is 0 Å². The summed E-state index contributed by atoms with van der Waals surface area (Å²) >= 11 is 21.3. The van der Waals surface area contributed by atoms with Gasteiger partial charge in [0.25, 0.3) is 0 Å². The lowest BCUT2D eigenvalue weighted by Gasteiger charge is -1.92. The van der Waals surface area contributed by atoms with Crippen molar-refractivity contribution in [3.05, 3.63) is 20.1 Å². The van der Waals surface area contributed by atoms with Crippen molar-refractivity contribution in [1.82, 2.24) is 0 Å². The number of carbonyl (C=O) groups excluding carboxylic acids is 2. The fourth-order valence-electron chi connectivity index (χ4n) is 0.734. The second-order valence-corrected chi connectivity index (χ2v) is 3.85. The summed E-state index contributed by atoms with van der Waals surface area (Å²) in [6.07, 6.45) is 0. The largest absolute Gasteiger partial charge is 0.386 e. The fraction of sp³-hybridized carbons (Fsp3) is 0. The van der Waals surface area contributed by atoms with E-state index in [0.29, 0.717) is 0 Å². The molecule has 0 saturated carbocycles. The predicted octanol–water partition coefficient (Wildman–Crippen LogP) is 2.45. The summed E-state index contributed by atoms with van der Waals surface area (Å²) in [7, 11) is 0. The number of cyclic esters (lactones) is 2. The fourth-order valence-corrected chi connectivity index (χ4v) is 1.42. The van der Waals surface area contributed by atoms with Crippen LogP contribution in [0, 0.1) is 0 Å². The Morgan fingerprint density at radius 1 is 0.846 bits per heavy atom. The minimum Gasteiger partial charge on any atom is -0.386 e. The first kappa shape index (κ1) is 10.9. The number of rotatable bonds is 0. The van der Waals surface area contributed by atoms with E-state index in [-0.39, 0.29) is 11.1 Å². The van der Waals surface area contributed by atoms with E-state index in [1.807, 2.05) is 0 Å². The number of carbonyl (C=O) groups is 2. The van der Waals surface area contributed by atoms with E-state index in [9.17, 15) is 9.59 Å². The van der Waals surface area contributed by atoms with Crippen LogP contribution in [0.25, 0.3) is 0 Å². The van der Waals surface area contributed by atoms with Crippen molar-refractivity contribution in [3.63, 3.8) is 0 Å². The van der Waals surface area contributed by atoms with Gasteiger partial charge in [0.05, 0.1) is 0 Å². The van der Waals surface area contributed by atoms with Crippen LogP contribution in [0.2, 0.25) is 0 Å². The Balaban J connectivity index is 3.38. The topological polar surface area (TPSA) is 43.4 Å². The van der Waals surface area contributed by atoms with Gasteiger partial charge in [0, 0.05) is 0 Å². The van der Waals surface area contributed by atoms with Crippen molar-refractivity contribution < 1.29 is 14.3 Å². The van der Waals surface area contributed by atoms with Crippen LogP contribution in [0.15, 0.2) is 20.1 Å². The van der Waals surface area contributed by atoms with E-state index in [1.54, 1.807) is 0 Å². The molecule has 0 unspecified atom stereocenters. The van der Waals surface area contributed by atoms with Crippen molar-refractivity contribution in [3.8, 4) is 0 Å². The van der Waals surface area contributed by atoms with Gasteiger partial charge in [-0.3, -0.25) is 0 Å². The van der Waals surface area contributed by atoms with Crippen LogP contribution in [-0.4, -0.2) is 11.9 Å². The van der Waals surface area contributed by atoms with Crippen molar-refractivity contribution in [1.29, 1.82) is 0 Å². The van der Waals surface area contributed by atoms with Crippen LogP contribution in [0.4, 0.5) is 0 Å². The molecule has 0 amide bonds. The molecule has 0 aromatic heterocycles. The number of hydrogen-bond acceptors (Lipinski definition) is 3. The van der Waals surface area contributed by atoms with Crippen LogP contribution < -0.4 is 0 Å². The van der Waals surface area contributed by atoms with Gasteiger partial charge in [0.1, 0.15) is 20.1 Å². The van der Waals surface area contributed by atoms with Crippen LogP contribution in [0.1, 0.15) is 0 Å². The Kier molecular flexibility index (Phi) is 3.24. The molecule has 1 saturated heterocycles. The van der Waals surface area contributed by atoms with Gasteiger partial charge in [-0.15, -0.1) is 0 Å². The smallest absolute Gasteiger partial charge is 0.349 e. The van der Waals surface area contributed by atoms with E-state index in [4.69, 9.17) is 46.4 Å². The number of ether oxygens (including phenoxy) is 1. The molecule has 70 valence electrons. The van der Waals surface area contributed by atoms with Gasteiger partial charge in [0.15, 0.2) is 0 Å². The molecular weight excluding hydrogens is 262 g/mol. The molecule has 1 fully saturated rings. The van der Waals surface area contributed by atoms with Gasteiger partial charge in [-0.1, -0.05) is 46.4 Å². The number of hydrogen-bond donors (Lipinski definition) is 0. The van der Waals surface area contributed by atoms with Gasteiger partial charge in [0.2, 0.25) is 0 Å². The molecule has 13 heavy (non-hydrogen) atoms. The lowest BCUT2D eigenvalue weighted by molar-refractivity contribution is -0.149. The Morgan fingerprint density at radius 2 is 1.15 bits per heavy atom. The highest BCUT2D eigenvalue weighted by molar-refractivity contribution is 6.61. The van der Waals surface area contributed by atoms with Crippen LogP contribution in [0.3, 0.4) is 0 Å². The molecule has 0 radical (unpaired) electrons. The zero-order chi connectivity index (χ0) is 10.2. The highest BCUT2D eigenvalue weighted by Gasteiger charge is 2.37. The van der Waals surface area contributed by atoms with Crippen molar-refractivity contribution >= 4 is 58.3 Å². The van der Waals surface area contributed by atoms with Gasteiger partial charge in [-0.25, -0.2) is 9.59 Å². The van der Waals surface area contributed by atoms with Crippen LogP contribution >= 0.6 is 46.4 Å². The number of halogens is 4. The standard InChI is InChI=1S/C6Cl4O3/c7-3(8)1-2(4(9)10)6(12)13-5(1)11. The second-order valence-electron chi connectivity index (χ2n) is 1.95. The van der Waals surface area contributed by atoms with Crippen LogP contribution in [0.5, 0.6) is 0 Å². The highest BCUT2D eigenvalue weighted by atomic mass is 35.5. The quantitative estimate of drug-likeness (QED) is 0.382. The Bertz CT molecular complexity index is 313. The van der Waals surface area contributed by atoms with E-state index in [1.165, 1.54) is 0 Å². The minimum absolute atomic E-state index is 0.312. The molecule has 0 atom stereocenters. The second kappa shape index (κ2) is 3.88.